The molecular formula is C16H21N3O3S. The maximum Gasteiger partial charge on any atom is 0.253 e. The zero-order valence-corrected chi connectivity index (χ0v) is 14.1. The van der Waals surface area contributed by atoms with Crippen molar-refractivity contribution in [2.75, 3.05) is 18.9 Å². The maximum absolute atomic E-state index is 11.3. The van der Waals surface area contributed by atoms with E-state index in [0.717, 1.165) is 17.1 Å². The lowest BCUT2D eigenvalue weighted by Gasteiger charge is -2.13. The summed E-state index contributed by atoms with van der Waals surface area (Å²) in [4.78, 5) is 13.9. The first-order valence-electron chi connectivity index (χ1n) is 7.53. The van der Waals surface area contributed by atoms with Crippen LogP contribution in [0.4, 0.5) is 5.82 Å². The Morgan fingerprint density at radius 3 is 2.52 bits per heavy atom. The summed E-state index contributed by atoms with van der Waals surface area (Å²) in [6, 6.07) is 7.18. The Bertz CT molecular complexity index is 783. The highest BCUT2D eigenvalue weighted by atomic mass is 32.1. The van der Waals surface area contributed by atoms with Gasteiger partial charge in [-0.3, -0.25) is 9.78 Å². The van der Waals surface area contributed by atoms with Crippen LogP contribution in [0.25, 0.3) is 0 Å². The Morgan fingerprint density at radius 1 is 1.17 bits per heavy atom. The van der Waals surface area contributed by atoms with E-state index in [4.69, 9.17) is 27.4 Å². The lowest BCUT2D eigenvalue weighted by Crippen LogP contribution is -2.17. The number of nitrogen functional groups attached to an aromatic ring is 1. The van der Waals surface area contributed by atoms with Gasteiger partial charge in [-0.2, -0.15) is 0 Å². The van der Waals surface area contributed by atoms with Gasteiger partial charge in [0.1, 0.15) is 5.82 Å². The van der Waals surface area contributed by atoms with Crippen LogP contribution in [0.2, 0.25) is 0 Å². The highest BCUT2D eigenvalue weighted by Gasteiger charge is 2.07. The summed E-state index contributed by atoms with van der Waals surface area (Å²) >= 11 is 5.15. The summed E-state index contributed by atoms with van der Waals surface area (Å²) in [7, 11) is 0. The number of nitrogens with one attached hydrogen (secondary N) is 1. The van der Waals surface area contributed by atoms with Crippen molar-refractivity contribution >= 4 is 18.0 Å². The minimum absolute atomic E-state index is 0.288. The van der Waals surface area contributed by atoms with E-state index in [0.29, 0.717) is 36.8 Å². The van der Waals surface area contributed by atoms with E-state index in [-0.39, 0.29) is 5.56 Å². The molecule has 23 heavy (non-hydrogen) atoms. The van der Waals surface area contributed by atoms with Gasteiger partial charge in [0, 0.05) is 12.6 Å². The van der Waals surface area contributed by atoms with Crippen LogP contribution in [0, 0.1) is 4.77 Å². The molecule has 0 aliphatic carbocycles. The van der Waals surface area contributed by atoms with Crippen molar-refractivity contribution in [1.82, 2.24) is 9.55 Å². The highest BCUT2D eigenvalue weighted by molar-refractivity contribution is 7.71. The summed E-state index contributed by atoms with van der Waals surface area (Å²) < 4.78 is 13.2. The number of rotatable bonds is 7. The predicted molar refractivity (Wildman–Crippen MR) is 92.8 cm³/mol. The molecule has 0 atom stereocenters. The Morgan fingerprint density at radius 2 is 1.87 bits per heavy atom. The van der Waals surface area contributed by atoms with Crippen molar-refractivity contribution in [1.29, 1.82) is 0 Å². The first kappa shape index (κ1) is 17.1. The number of nitrogens with two attached hydrogens (primary N) is 1. The number of hydrogen-bond acceptors (Lipinski definition) is 5. The second-order valence-corrected chi connectivity index (χ2v) is 5.30. The van der Waals surface area contributed by atoms with Crippen molar-refractivity contribution in [3.8, 4) is 11.5 Å². The van der Waals surface area contributed by atoms with Crippen molar-refractivity contribution in [3.05, 3.63) is 45.0 Å². The molecule has 1 aromatic heterocycles. The van der Waals surface area contributed by atoms with E-state index in [9.17, 15) is 4.79 Å². The molecule has 0 aliphatic rings. The van der Waals surface area contributed by atoms with Crippen LogP contribution in [0.15, 0.2) is 29.1 Å². The smallest absolute Gasteiger partial charge is 0.253 e. The van der Waals surface area contributed by atoms with E-state index in [1.165, 1.54) is 6.07 Å². The molecule has 0 saturated carbocycles. The molecule has 0 radical (unpaired) electrons. The molecule has 0 bridgehead atoms. The number of benzene rings is 1. The zero-order valence-electron chi connectivity index (χ0n) is 13.3. The zero-order chi connectivity index (χ0) is 16.8. The average molecular weight is 335 g/mol. The van der Waals surface area contributed by atoms with Crippen molar-refractivity contribution in [3.63, 3.8) is 0 Å². The van der Waals surface area contributed by atoms with Gasteiger partial charge in [-0.25, -0.2) is 0 Å². The minimum atomic E-state index is -0.288. The summed E-state index contributed by atoms with van der Waals surface area (Å²) in [6.45, 7) is 5.60. The van der Waals surface area contributed by atoms with Crippen LogP contribution < -0.4 is 20.8 Å². The molecule has 7 heteroatoms. The topological polar surface area (TPSA) is 82.3 Å². The van der Waals surface area contributed by atoms with Gasteiger partial charge in [-0.1, -0.05) is 6.07 Å². The molecule has 1 heterocycles. The average Bonchev–Trinajstić information content (AvgIpc) is 2.49. The van der Waals surface area contributed by atoms with Gasteiger partial charge in [-0.05, 0) is 50.2 Å². The fraction of sp³-hybridized carbons (Fsp3) is 0.375. The molecule has 2 rings (SSSR count). The van der Waals surface area contributed by atoms with E-state index >= 15 is 0 Å². The standard InChI is InChI=1S/C16H21N3O3S/c1-3-21-12-6-5-11(9-13(12)22-4-2)7-8-19-14(17)10-15(20)18-16(19)23/h5-6,9-10H,3-4,7-8,17H2,1-2H3,(H,18,20,23). The number of aryl methyl sites for hydroxylation is 1. The van der Waals surface area contributed by atoms with Gasteiger partial charge < -0.3 is 19.8 Å². The Kier molecular flexibility index (Phi) is 5.81. The summed E-state index contributed by atoms with van der Waals surface area (Å²) in [5.74, 6) is 1.82. The lowest BCUT2D eigenvalue weighted by atomic mass is 10.1. The third-order valence-electron chi connectivity index (χ3n) is 3.30. The minimum Gasteiger partial charge on any atom is -0.490 e. The number of aromatic nitrogens is 2. The SMILES string of the molecule is CCOc1ccc(CCn2c(N)cc(=O)[nH]c2=S)cc1OCC. The van der Waals surface area contributed by atoms with E-state index in [1.54, 1.807) is 4.57 Å². The summed E-state index contributed by atoms with van der Waals surface area (Å²) in [5, 5.41) is 0. The van der Waals surface area contributed by atoms with Gasteiger partial charge in [0.25, 0.3) is 5.56 Å². The second kappa shape index (κ2) is 7.82. The Balaban J connectivity index is 2.19. The fourth-order valence-electron chi connectivity index (χ4n) is 2.26. The van der Waals surface area contributed by atoms with Crippen molar-refractivity contribution in [2.24, 2.45) is 0 Å². The molecule has 0 fully saturated rings. The number of anilines is 1. The Labute approximate surface area is 139 Å². The molecular weight excluding hydrogens is 314 g/mol. The number of ether oxygens (including phenoxy) is 2. The third-order valence-corrected chi connectivity index (χ3v) is 3.62. The largest absolute Gasteiger partial charge is 0.490 e. The maximum atomic E-state index is 11.3. The molecule has 0 spiro atoms. The van der Waals surface area contributed by atoms with Crippen molar-refractivity contribution < 1.29 is 9.47 Å². The van der Waals surface area contributed by atoms with E-state index in [1.807, 2.05) is 32.0 Å². The molecule has 0 amide bonds. The first-order valence-corrected chi connectivity index (χ1v) is 7.94. The van der Waals surface area contributed by atoms with Crippen LogP contribution in [0.3, 0.4) is 0 Å². The third kappa shape index (κ3) is 4.35. The fourth-order valence-corrected chi connectivity index (χ4v) is 2.56. The number of hydrogen-bond donors (Lipinski definition) is 2. The molecule has 3 N–H and O–H groups in total. The van der Waals surface area contributed by atoms with Crippen LogP contribution in [-0.4, -0.2) is 22.8 Å². The predicted octanol–water partition coefficient (Wildman–Crippen LogP) is 2.53. The van der Waals surface area contributed by atoms with Gasteiger partial charge >= 0.3 is 0 Å². The Hall–Kier alpha value is -2.28. The molecule has 0 aliphatic heterocycles. The molecule has 1 aromatic carbocycles. The van der Waals surface area contributed by atoms with Crippen molar-refractivity contribution in [2.45, 2.75) is 26.8 Å². The summed E-state index contributed by atoms with van der Waals surface area (Å²) in [5.41, 5.74) is 6.64. The number of H-pyrrole nitrogens is 1. The second-order valence-electron chi connectivity index (χ2n) is 4.91. The van der Waals surface area contributed by atoms with Crippen LogP contribution in [0.1, 0.15) is 19.4 Å². The number of nitrogens with zero attached hydrogens (tertiary/aromatic N) is 1. The van der Waals surface area contributed by atoms with Gasteiger partial charge in [0.15, 0.2) is 16.3 Å². The molecule has 124 valence electrons. The van der Waals surface area contributed by atoms with Crippen LogP contribution in [-0.2, 0) is 13.0 Å². The summed E-state index contributed by atoms with van der Waals surface area (Å²) in [6.07, 6.45) is 0.705. The van der Waals surface area contributed by atoms with Gasteiger partial charge in [-0.15, -0.1) is 0 Å². The lowest BCUT2D eigenvalue weighted by molar-refractivity contribution is 0.287. The first-order chi connectivity index (χ1) is 11.0. The van der Waals surface area contributed by atoms with Crippen LogP contribution in [0.5, 0.6) is 11.5 Å². The number of aromatic amines is 1. The molecule has 2 aromatic rings. The molecule has 0 unspecified atom stereocenters. The van der Waals surface area contributed by atoms with E-state index in [2.05, 4.69) is 4.98 Å². The normalized spacial score (nSPS) is 10.5. The molecule has 6 nitrogen and oxygen atoms in total. The highest BCUT2D eigenvalue weighted by Crippen LogP contribution is 2.28. The van der Waals surface area contributed by atoms with Gasteiger partial charge in [0.2, 0.25) is 0 Å². The van der Waals surface area contributed by atoms with Crippen LogP contribution >= 0.6 is 12.2 Å². The van der Waals surface area contributed by atoms with Gasteiger partial charge in [0.05, 0.1) is 13.2 Å². The van der Waals surface area contributed by atoms with E-state index < -0.39 is 0 Å². The monoisotopic (exact) mass is 335 g/mol. The quantitative estimate of drug-likeness (QED) is 0.760. The molecule has 0 saturated heterocycles.